The van der Waals surface area contributed by atoms with Gasteiger partial charge in [0.15, 0.2) is 11.5 Å². The van der Waals surface area contributed by atoms with E-state index in [1.807, 2.05) is 13.0 Å². The van der Waals surface area contributed by atoms with Crippen LogP contribution >= 0.6 is 15.9 Å². The second-order valence-electron chi connectivity index (χ2n) is 5.48. The van der Waals surface area contributed by atoms with Gasteiger partial charge in [0.05, 0.1) is 5.41 Å². The number of carboxylic acids is 1. The maximum atomic E-state index is 12.0. The van der Waals surface area contributed by atoms with Gasteiger partial charge in [-0.25, -0.2) is 0 Å². The Morgan fingerprint density at radius 2 is 1.95 bits per heavy atom. The Morgan fingerprint density at radius 1 is 1.30 bits per heavy atom. The topological polar surface area (TPSA) is 55.8 Å². The molecule has 1 aromatic carbocycles. The van der Waals surface area contributed by atoms with Crippen molar-refractivity contribution in [2.45, 2.75) is 38.0 Å². The first-order valence-electron chi connectivity index (χ1n) is 6.89. The molecular weight excluding hydrogens is 324 g/mol. The quantitative estimate of drug-likeness (QED) is 0.896. The van der Waals surface area contributed by atoms with Crippen LogP contribution in [0, 0.1) is 6.92 Å². The number of benzene rings is 1. The molecule has 0 bridgehead atoms. The van der Waals surface area contributed by atoms with Gasteiger partial charge in [-0.1, -0.05) is 28.8 Å². The molecule has 0 amide bonds. The maximum Gasteiger partial charge on any atom is 0.314 e. The summed E-state index contributed by atoms with van der Waals surface area (Å²) in [6.45, 7) is 2.92. The molecule has 108 valence electrons. The largest absolute Gasteiger partial charge is 0.486 e. The molecule has 1 heterocycles. The zero-order chi connectivity index (χ0) is 14.3. The molecular formula is C15H17BrO4. The molecule has 1 saturated carbocycles. The van der Waals surface area contributed by atoms with Crippen LogP contribution in [0.25, 0.3) is 0 Å². The highest BCUT2D eigenvalue weighted by atomic mass is 79.9. The zero-order valence-corrected chi connectivity index (χ0v) is 13.0. The van der Waals surface area contributed by atoms with Crippen LogP contribution in [0.1, 0.15) is 36.8 Å². The number of halogens is 1. The fourth-order valence-electron chi connectivity index (χ4n) is 3.37. The summed E-state index contributed by atoms with van der Waals surface area (Å²) in [7, 11) is 0. The van der Waals surface area contributed by atoms with Gasteiger partial charge in [-0.15, -0.1) is 0 Å². The van der Waals surface area contributed by atoms with Crippen LogP contribution in [0.15, 0.2) is 10.5 Å². The van der Waals surface area contributed by atoms with Crippen LogP contribution in [-0.2, 0) is 10.2 Å². The summed E-state index contributed by atoms with van der Waals surface area (Å²) in [5, 5.41) is 9.82. The Morgan fingerprint density at radius 3 is 2.60 bits per heavy atom. The van der Waals surface area contributed by atoms with E-state index in [2.05, 4.69) is 15.9 Å². The molecule has 0 radical (unpaired) electrons. The first-order chi connectivity index (χ1) is 9.56. The first kappa shape index (κ1) is 13.7. The van der Waals surface area contributed by atoms with Crippen molar-refractivity contribution in [2.75, 3.05) is 13.2 Å². The molecule has 1 aliphatic carbocycles. The third kappa shape index (κ3) is 1.91. The molecule has 1 fully saturated rings. The third-order valence-electron chi connectivity index (χ3n) is 4.37. The summed E-state index contributed by atoms with van der Waals surface area (Å²) in [5.41, 5.74) is 0.906. The van der Waals surface area contributed by atoms with Crippen LogP contribution < -0.4 is 9.47 Å². The zero-order valence-electron chi connectivity index (χ0n) is 11.4. The first-order valence-corrected chi connectivity index (χ1v) is 7.68. The minimum atomic E-state index is -0.835. The number of rotatable bonds is 2. The highest BCUT2D eigenvalue weighted by Crippen LogP contribution is 2.51. The molecule has 0 saturated heterocycles. The van der Waals surface area contributed by atoms with Gasteiger partial charge in [-0.3, -0.25) is 4.79 Å². The van der Waals surface area contributed by atoms with Crippen molar-refractivity contribution in [3.05, 3.63) is 21.7 Å². The molecule has 1 aliphatic heterocycles. The second-order valence-corrected chi connectivity index (χ2v) is 6.33. The highest BCUT2D eigenvalue weighted by molar-refractivity contribution is 9.10. The number of ether oxygens (including phenoxy) is 2. The van der Waals surface area contributed by atoms with Crippen molar-refractivity contribution in [3.63, 3.8) is 0 Å². The predicted molar refractivity (Wildman–Crippen MR) is 77.7 cm³/mol. The van der Waals surface area contributed by atoms with E-state index in [0.717, 1.165) is 28.4 Å². The van der Waals surface area contributed by atoms with Gasteiger partial charge in [-0.05, 0) is 31.4 Å². The number of fused-ring (bicyclic) bond motifs is 1. The van der Waals surface area contributed by atoms with Crippen molar-refractivity contribution in [1.29, 1.82) is 0 Å². The molecule has 5 heteroatoms. The summed E-state index contributed by atoms with van der Waals surface area (Å²) in [5.74, 6) is 0.519. The third-order valence-corrected chi connectivity index (χ3v) is 5.20. The lowest BCUT2D eigenvalue weighted by Crippen LogP contribution is -2.35. The lowest BCUT2D eigenvalue weighted by Gasteiger charge is -2.32. The fourth-order valence-corrected chi connectivity index (χ4v) is 3.78. The molecule has 0 aromatic heterocycles. The van der Waals surface area contributed by atoms with Crippen LogP contribution in [-0.4, -0.2) is 24.3 Å². The summed E-state index contributed by atoms with van der Waals surface area (Å²) in [4.78, 5) is 12.0. The summed E-state index contributed by atoms with van der Waals surface area (Å²) in [6, 6.07) is 1.87. The molecule has 3 rings (SSSR count). The van der Waals surface area contributed by atoms with Crippen molar-refractivity contribution >= 4 is 21.9 Å². The van der Waals surface area contributed by atoms with Gasteiger partial charge in [0, 0.05) is 10.0 Å². The number of carbonyl (C=O) groups is 1. The fraction of sp³-hybridized carbons (Fsp3) is 0.533. The Hall–Kier alpha value is -1.23. The number of aliphatic carboxylic acids is 1. The normalized spacial score (nSPS) is 19.9. The lowest BCUT2D eigenvalue weighted by molar-refractivity contribution is -0.143. The van der Waals surface area contributed by atoms with E-state index < -0.39 is 11.4 Å². The van der Waals surface area contributed by atoms with E-state index in [4.69, 9.17) is 9.47 Å². The monoisotopic (exact) mass is 340 g/mol. The Bertz CT molecular complexity index is 561. The molecule has 0 unspecified atom stereocenters. The molecule has 0 atom stereocenters. The van der Waals surface area contributed by atoms with Gasteiger partial charge in [-0.2, -0.15) is 0 Å². The molecule has 0 spiro atoms. The minimum Gasteiger partial charge on any atom is -0.486 e. The van der Waals surface area contributed by atoms with Crippen LogP contribution in [0.2, 0.25) is 0 Å². The van der Waals surface area contributed by atoms with Crippen molar-refractivity contribution in [2.24, 2.45) is 0 Å². The van der Waals surface area contributed by atoms with E-state index in [1.165, 1.54) is 0 Å². The molecule has 2 aliphatic rings. The average Bonchev–Trinajstić information content (AvgIpc) is 2.90. The van der Waals surface area contributed by atoms with Crippen LogP contribution in [0.5, 0.6) is 11.5 Å². The molecule has 1 N–H and O–H groups in total. The van der Waals surface area contributed by atoms with Crippen molar-refractivity contribution < 1.29 is 19.4 Å². The second kappa shape index (κ2) is 4.95. The van der Waals surface area contributed by atoms with E-state index in [0.29, 0.717) is 37.6 Å². The smallest absolute Gasteiger partial charge is 0.314 e. The standard InChI is InChI=1S/C15H17BrO4/c1-9-10(16)8-11-13(20-7-6-19-11)12(9)15(14(17)18)4-2-3-5-15/h8H,2-7H2,1H3,(H,17,18). The lowest BCUT2D eigenvalue weighted by atomic mass is 9.76. The predicted octanol–water partition coefficient (Wildman–Crippen LogP) is 3.43. The van der Waals surface area contributed by atoms with Gasteiger partial charge in [0.1, 0.15) is 13.2 Å². The summed E-state index contributed by atoms with van der Waals surface area (Å²) in [6.07, 6.45) is 3.20. The van der Waals surface area contributed by atoms with Gasteiger partial charge in [0.2, 0.25) is 0 Å². The van der Waals surface area contributed by atoms with Crippen LogP contribution in [0.3, 0.4) is 0 Å². The molecule has 4 nitrogen and oxygen atoms in total. The van der Waals surface area contributed by atoms with E-state index in [-0.39, 0.29) is 0 Å². The number of carboxylic acid groups (broad SMARTS) is 1. The number of hydrogen-bond donors (Lipinski definition) is 1. The average molecular weight is 341 g/mol. The Kier molecular flexibility index (Phi) is 3.40. The van der Waals surface area contributed by atoms with Crippen molar-refractivity contribution in [3.8, 4) is 11.5 Å². The summed E-state index contributed by atoms with van der Waals surface area (Å²) >= 11 is 3.52. The number of hydrogen-bond acceptors (Lipinski definition) is 3. The Labute approximate surface area is 126 Å². The van der Waals surface area contributed by atoms with E-state index in [1.54, 1.807) is 0 Å². The van der Waals surface area contributed by atoms with E-state index in [9.17, 15) is 9.90 Å². The van der Waals surface area contributed by atoms with E-state index >= 15 is 0 Å². The summed E-state index contributed by atoms with van der Waals surface area (Å²) < 4.78 is 12.3. The minimum absolute atomic E-state index is 0.469. The SMILES string of the molecule is Cc1c(Br)cc2c(c1C1(C(=O)O)CCCC1)OCCO2. The van der Waals surface area contributed by atoms with Crippen LogP contribution in [0.4, 0.5) is 0 Å². The molecule has 20 heavy (non-hydrogen) atoms. The molecule has 1 aromatic rings. The maximum absolute atomic E-state index is 12.0. The van der Waals surface area contributed by atoms with Gasteiger partial charge < -0.3 is 14.6 Å². The van der Waals surface area contributed by atoms with Crippen molar-refractivity contribution in [1.82, 2.24) is 0 Å². The van der Waals surface area contributed by atoms with Gasteiger partial charge >= 0.3 is 5.97 Å². The van der Waals surface area contributed by atoms with Gasteiger partial charge in [0.25, 0.3) is 0 Å². The highest BCUT2D eigenvalue weighted by Gasteiger charge is 2.47. The Balaban J connectivity index is 2.26.